The van der Waals surface area contributed by atoms with Gasteiger partial charge in [0.25, 0.3) is 5.91 Å². The number of carbonyl (C=O) groups is 1. The van der Waals surface area contributed by atoms with E-state index in [2.05, 4.69) is 5.32 Å². The van der Waals surface area contributed by atoms with Crippen LogP contribution in [0.25, 0.3) is 0 Å². The smallest absolute Gasteiger partial charge is 0.251 e. The van der Waals surface area contributed by atoms with E-state index in [1.54, 1.807) is 12.1 Å². The molecule has 0 saturated carbocycles. The van der Waals surface area contributed by atoms with Crippen molar-refractivity contribution in [2.75, 3.05) is 19.6 Å². The summed E-state index contributed by atoms with van der Waals surface area (Å²) in [5, 5.41) is 2.99. The number of hydrogen-bond donors (Lipinski definition) is 2. The van der Waals surface area contributed by atoms with Crippen molar-refractivity contribution in [3.8, 4) is 0 Å². The van der Waals surface area contributed by atoms with Crippen molar-refractivity contribution in [2.24, 2.45) is 5.73 Å². The maximum Gasteiger partial charge on any atom is 0.251 e. The molecule has 1 aromatic rings. The van der Waals surface area contributed by atoms with Gasteiger partial charge in [-0.25, -0.2) is 8.42 Å². The van der Waals surface area contributed by atoms with Crippen molar-refractivity contribution in [2.45, 2.75) is 63.8 Å². The predicted molar refractivity (Wildman–Crippen MR) is 113 cm³/mol. The van der Waals surface area contributed by atoms with Gasteiger partial charge < -0.3 is 11.1 Å². The lowest BCUT2D eigenvalue weighted by Gasteiger charge is -2.31. The van der Waals surface area contributed by atoms with Crippen LogP contribution in [0.15, 0.2) is 29.2 Å². The Morgan fingerprint density at radius 1 is 1.04 bits per heavy atom. The molecule has 27 heavy (non-hydrogen) atoms. The molecule has 0 aliphatic rings. The van der Waals surface area contributed by atoms with Gasteiger partial charge in [0.1, 0.15) is 0 Å². The maximum atomic E-state index is 12.8. The Labute approximate surface area is 170 Å². The van der Waals surface area contributed by atoms with Gasteiger partial charge in [-0.2, -0.15) is 4.31 Å². The van der Waals surface area contributed by atoms with Gasteiger partial charge in [-0.05, 0) is 49.9 Å². The number of halogens is 1. The lowest BCUT2D eigenvalue weighted by Crippen LogP contribution is -2.52. The summed E-state index contributed by atoms with van der Waals surface area (Å²) in [4.78, 5) is 12.7. The summed E-state index contributed by atoms with van der Waals surface area (Å²) in [5.41, 5.74) is 5.83. The Balaban J connectivity index is 0.00000676. The van der Waals surface area contributed by atoms with Crippen molar-refractivity contribution < 1.29 is 13.2 Å². The second-order valence-electron chi connectivity index (χ2n) is 6.57. The van der Waals surface area contributed by atoms with E-state index in [1.165, 1.54) is 16.4 Å². The van der Waals surface area contributed by atoms with Crippen molar-refractivity contribution in [3.05, 3.63) is 29.8 Å². The highest BCUT2D eigenvalue weighted by atomic mass is 35.5. The number of sulfonamides is 1. The molecular weight excluding hydrogens is 386 g/mol. The van der Waals surface area contributed by atoms with Crippen molar-refractivity contribution in [3.63, 3.8) is 0 Å². The normalized spacial score (nSPS) is 11.9. The van der Waals surface area contributed by atoms with Crippen LogP contribution in [0.1, 0.15) is 63.7 Å². The number of nitrogens with zero attached hydrogens (tertiary/aromatic N) is 1. The Bertz CT molecular complexity index is 660. The summed E-state index contributed by atoms with van der Waals surface area (Å²) in [6, 6.07) is 6.13. The van der Waals surface area contributed by atoms with E-state index < -0.39 is 15.6 Å². The van der Waals surface area contributed by atoms with E-state index >= 15 is 0 Å². The highest BCUT2D eigenvalue weighted by Gasteiger charge is 2.27. The molecular formula is C19H34ClN3O3S. The van der Waals surface area contributed by atoms with Crippen LogP contribution in [0.5, 0.6) is 0 Å². The number of rotatable bonds is 11. The van der Waals surface area contributed by atoms with Gasteiger partial charge in [-0.3, -0.25) is 4.79 Å². The minimum absolute atomic E-state index is 0. The fraction of sp³-hybridized carbons (Fsp3) is 0.632. The number of carbonyl (C=O) groups excluding carboxylic acids is 1. The molecule has 6 nitrogen and oxygen atoms in total. The summed E-state index contributed by atoms with van der Waals surface area (Å²) < 4.78 is 27.0. The second kappa shape index (κ2) is 11.6. The largest absolute Gasteiger partial charge is 0.345 e. The summed E-state index contributed by atoms with van der Waals surface area (Å²) >= 11 is 0. The minimum atomic E-state index is -3.54. The predicted octanol–water partition coefficient (Wildman–Crippen LogP) is 3.17. The quantitative estimate of drug-likeness (QED) is 0.576. The van der Waals surface area contributed by atoms with Crippen LogP contribution in [0.2, 0.25) is 0 Å². The zero-order valence-electron chi connectivity index (χ0n) is 16.8. The second-order valence-corrected chi connectivity index (χ2v) is 8.51. The highest BCUT2D eigenvalue weighted by molar-refractivity contribution is 7.89. The van der Waals surface area contributed by atoms with Gasteiger partial charge >= 0.3 is 0 Å². The third-order valence-corrected chi connectivity index (χ3v) is 6.74. The van der Waals surface area contributed by atoms with E-state index in [-0.39, 0.29) is 23.2 Å². The topological polar surface area (TPSA) is 92.5 Å². The molecule has 8 heteroatoms. The van der Waals surface area contributed by atoms with Crippen molar-refractivity contribution in [1.82, 2.24) is 9.62 Å². The standard InChI is InChI=1S/C19H33N3O3S.ClH/c1-5-13-22(14-6-2)26(24,25)17-11-9-16(10-12-17)18(23)21-19(7-3,8-4)15-20;/h9-12H,5-8,13-15,20H2,1-4H3,(H,21,23);1H. The van der Waals surface area contributed by atoms with Gasteiger partial charge in [0.2, 0.25) is 10.0 Å². The van der Waals surface area contributed by atoms with Crippen LogP contribution in [0.4, 0.5) is 0 Å². The Kier molecular flexibility index (Phi) is 11.1. The average Bonchev–Trinajstić information content (AvgIpc) is 2.66. The summed E-state index contributed by atoms with van der Waals surface area (Å²) in [6.07, 6.45) is 2.99. The number of benzene rings is 1. The van der Waals surface area contributed by atoms with E-state index in [1.807, 2.05) is 27.7 Å². The minimum Gasteiger partial charge on any atom is -0.345 e. The van der Waals surface area contributed by atoms with E-state index in [9.17, 15) is 13.2 Å². The van der Waals surface area contributed by atoms with Gasteiger partial charge in [-0.1, -0.05) is 27.7 Å². The first kappa shape index (κ1) is 25.9. The van der Waals surface area contributed by atoms with Gasteiger partial charge in [0, 0.05) is 25.2 Å². The number of nitrogens with two attached hydrogens (primary N) is 1. The Morgan fingerprint density at radius 3 is 1.89 bits per heavy atom. The fourth-order valence-electron chi connectivity index (χ4n) is 2.86. The zero-order chi connectivity index (χ0) is 19.8. The SMILES string of the molecule is CCCN(CCC)S(=O)(=O)c1ccc(C(=O)NC(CC)(CC)CN)cc1.Cl. The van der Waals surface area contributed by atoms with Crippen LogP contribution >= 0.6 is 12.4 Å². The first-order valence-electron chi connectivity index (χ1n) is 9.43. The van der Waals surface area contributed by atoms with E-state index in [4.69, 9.17) is 5.73 Å². The molecule has 0 fully saturated rings. The first-order valence-corrected chi connectivity index (χ1v) is 10.9. The van der Waals surface area contributed by atoms with Crippen LogP contribution in [0, 0.1) is 0 Å². The number of hydrogen-bond acceptors (Lipinski definition) is 4. The average molecular weight is 420 g/mol. The molecule has 0 aliphatic heterocycles. The molecule has 1 aromatic carbocycles. The lowest BCUT2D eigenvalue weighted by molar-refractivity contribution is 0.0895. The molecule has 156 valence electrons. The molecule has 0 bridgehead atoms. The fourth-order valence-corrected chi connectivity index (χ4v) is 4.48. The van der Waals surface area contributed by atoms with Crippen molar-refractivity contribution >= 4 is 28.3 Å². The van der Waals surface area contributed by atoms with Crippen LogP contribution in [0.3, 0.4) is 0 Å². The summed E-state index contributed by atoms with van der Waals surface area (Å²) in [6.45, 7) is 9.23. The molecule has 0 unspecified atom stereocenters. The van der Waals surface area contributed by atoms with E-state index in [0.717, 1.165) is 25.7 Å². The third kappa shape index (κ3) is 6.45. The van der Waals surface area contributed by atoms with Crippen LogP contribution in [-0.4, -0.2) is 43.8 Å². The highest BCUT2D eigenvalue weighted by Crippen LogP contribution is 2.19. The molecule has 0 spiro atoms. The molecule has 1 amide bonds. The van der Waals surface area contributed by atoms with Gasteiger partial charge in [0.15, 0.2) is 0 Å². The third-order valence-electron chi connectivity index (χ3n) is 4.82. The van der Waals surface area contributed by atoms with Gasteiger partial charge in [0.05, 0.1) is 10.4 Å². The lowest BCUT2D eigenvalue weighted by atomic mass is 9.92. The molecule has 0 heterocycles. The zero-order valence-corrected chi connectivity index (χ0v) is 18.5. The number of amides is 1. The molecule has 3 N–H and O–H groups in total. The monoisotopic (exact) mass is 419 g/mol. The molecule has 0 atom stereocenters. The molecule has 0 saturated heterocycles. The molecule has 0 aliphatic carbocycles. The number of nitrogens with one attached hydrogen (secondary N) is 1. The Hall–Kier alpha value is -1.15. The first-order chi connectivity index (χ1) is 12.3. The van der Waals surface area contributed by atoms with E-state index in [0.29, 0.717) is 25.2 Å². The van der Waals surface area contributed by atoms with Crippen LogP contribution < -0.4 is 11.1 Å². The van der Waals surface area contributed by atoms with Crippen LogP contribution in [-0.2, 0) is 10.0 Å². The summed E-state index contributed by atoms with van der Waals surface area (Å²) in [5.74, 6) is -0.234. The Morgan fingerprint density at radius 2 is 1.52 bits per heavy atom. The van der Waals surface area contributed by atoms with Gasteiger partial charge in [-0.15, -0.1) is 12.4 Å². The summed E-state index contributed by atoms with van der Waals surface area (Å²) in [7, 11) is -3.54. The maximum absolute atomic E-state index is 12.8. The molecule has 0 radical (unpaired) electrons. The van der Waals surface area contributed by atoms with Crippen molar-refractivity contribution in [1.29, 1.82) is 0 Å². The molecule has 0 aromatic heterocycles. The molecule has 1 rings (SSSR count).